The number of hydrogen-bond donors (Lipinski definition) is 1. The monoisotopic (exact) mass is 239 g/mol. The first-order valence-electron chi connectivity index (χ1n) is 6.52. The summed E-state index contributed by atoms with van der Waals surface area (Å²) in [5.41, 5.74) is 8.44. The summed E-state index contributed by atoms with van der Waals surface area (Å²) < 4.78 is 7.38. The van der Waals surface area contributed by atoms with Gasteiger partial charge in [0.25, 0.3) is 0 Å². The van der Waals surface area contributed by atoms with Gasteiger partial charge in [-0.2, -0.15) is 5.10 Å². The number of nitrogens with two attached hydrogens (primary N) is 1. The maximum absolute atomic E-state index is 6.09. The Balaban J connectivity index is 2.34. The largest absolute Gasteiger partial charge is 0.381 e. The summed E-state index contributed by atoms with van der Waals surface area (Å²) in [5.74, 6) is 0. The SMILES string of the molecule is CCCOCCC(N)Cc1cc(CC)nn1C. The van der Waals surface area contributed by atoms with Crippen molar-refractivity contribution in [2.24, 2.45) is 12.8 Å². The highest BCUT2D eigenvalue weighted by Crippen LogP contribution is 2.07. The van der Waals surface area contributed by atoms with Crippen LogP contribution in [0.3, 0.4) is 0 Å². The molecule has 1 aromatic heterocycles. The van der Waals surface area contributed by atoms with Crippen molar-refractivity contribution in [3.63, 3.8) is 0 Å². The van der Waals surface area contributed by atoms with E-state index in [1.165, 1.54) is 5.69 Å². The summed E-state index contributed by atoms with van der Waals surface area (Å²) >= 11 is 0. The standard InChI is InChI=1S/C13H25N3O/c1-4-7-17-8-6-11(14)9-13-10-12(5-2)15-16(13)3/h10-11H,4-9,14H2,1-3H3. The summed E-state index contributed by atoms with van der Waals surface area (Å²) in [6.45, 7) is 5.82. The van der Waals surface area contributed by atoms with E-state index in [9.17, 15) is 0 Å². The van der Waals surface area contributed by atoms with E-state index >= 15 is 0 Å². The van der Waals surface area contributed by atoms with E-state index in [4.69, 9.17) is 10.5 Å². The molecule has 0 amide bonds. The van der Waals surface area contributed by atoms with Crippen LogP contribution in [0.15, 0.2) is 6.07 Å². The van der Waals surface area contributed by atoms with Crippen LogP contribution in [0.2, 0.25) is 0 Å². The number of rotatable bonds is 8. The fourth-order valence-corrected chi connectivity index (χ4v) is 1.79. The molecular formula is C13H25N3O. The number of nitrogens with zero attached hydrogens (tertiary/aromatic N) is 2. The second-order valence-corrected chi connectivity index (χ2v) is 4.47. The molecule has 1 aromatic rings. The van der Waals surface area contributed by atoms with Gasteiger partial charge in [-0.05, 0) is 25.3 Å². The molecule has 17 heavy (non-hydrogen) atoms. The fraction of sp³-hybridized carbons (Fsp3) is 0.769. The van der Waals surface area contributed by atoms with Gasteiger partial charge >= 0.3 is 0 Å². The minimum Gasteiger partial charge on any atom is -0.381 e. The van der Waals surface area contributed by atoms with Gasteiger partial charge < -0.3 is 10.5 Å². The highest BCUT2D eigenvalue weighted by Gasteiger charge is 2.09. The zero-order valence-corrected chi connectivity index (χ0v) is 11.3. The Kier molecular flexibility index (Phi) is 6.22. The number of ether oxygens (including phenoxy) is 1. The van der Waals surface area contributed by atoms with Gasteiger partial charge in [0.05, 0.1) is 5.69 Å². The Hall–Kier alpha value is -0.870. The van der Waals surface area contributed by atoms with Crippen LogP contribution in [-0.4, -0.2) is 29.0 Å². The predicted molar refractivity (Wildman–Crippen MR) is 70.0 cm³/mol. The molecule has 0 saturated heterocycles. The molecule has 1 rings (SSSR count). The molecule has 0 aliphatic heterocycles. The lowest BCUT2D eigenvalue weighted by Crippen LogP contribution is -2.25. The first-order valence-corrected chi connectivity index (χ1v) is 6.52. The third-order valence-corrected chi connectivity index (χ3v) is 2.84. The number of hydrogen-bond acceptors (Lipinski definition) is 3. The molecule has 0 spiro atoms. The van der Waals surface area contributed by atoms with Crippen molar-refractivity contribution in [3.05, 3.63) is 17.5 Å². The zero-order valence-electron chi connectivity index (χ0n) is 11.3. The molecule has 0 aromatic carbocycles. The smallest absolute Gasteiger partial charge is 0.0624 e. The van der Waals surface area contributed by atoms with E-state index in [-0.39, 0.29) is 6.04 Å². The van der Waals surface area contributed by atoms with Gasteiger partial charge in [-0.3, -0.25) is 4.68 Å². The summed E-state index contributed by atoms with van der Waals surface area (Å²) in [6, 6.07) is 2.30. The first-order chi connectivity index (χ1) is 8.17. The number of aromatic nitrogens is 2. The van der Waals surface area contributed by atoms with Crippen molar-refractivity contribution in [2.75, 3.05) is 13.2 Å². The zero-order chi connectivity index (χ0) is 12.7. The normalized spacial score (nSPS) is 12.9. The molecular weight excluding hydrogens is 214 g/mol. The molecule has 0 radical (unpaired) electrons. The lowest BCUT2D eigenvalue weighted by Gasteiger charge is -2.11. The molecule has 1 unspecified atom stereocenters. The van der Waals surface area contributed by atoms with Crippen LogP contribution in [0.1, 0.15) is 38.1 Å². The van der Waals surface area contributed by atoms with Crippen LogP contribution < -0.4 is 5.73 Å². The Morgan fingerprint density at radius 3 is 2.76 bits per heavy atom. The van der Waals surface area contributed by atoms with Crippen LogP contribution >= 0.6 is 0 Å². The average molecular weight is 239 g/mol. The van der Waals surface area contributed by atoms with Crippen molar-refractivity contribution < 1.29 is 4.74 Å². The third-order valence-electron chi connectivity index (χ3n) is 2.84. The highest BCUT2D eigenvalue weighted by molar-refractivity contribution is 5.11. The van der Waals surface area contributed by atoms with Crippen LogP contribution in [0.4, 0.5) is 0 Å². The van der Waals surface area contributed by atoms with Gasteiger partial charge in [-0.25, -0.2) is 0 Å². The minimum atomic E-state index is 0.159. The summed E-state index contributed by atoms with van der Waals surface area (Å²) in [5, 5.41) is 4.42. The van der Waals surface area contributed by atoms with E-state index in [0.717, 1.165) is 44.6 Å². The highest BCUT2D eigenvalue weighted by atomic mass is 16.5. The topological polar surface area (TPSA) is 53.1 Å². The maximum atomic E-state index is 6.09. The fourth-order valence-electron chi connectivity index (χ4n) is 1.79. The van der Waals surface area contributed by atoms with Crippen molar-refractivity contribution in [1.29, 1.82) is 0 Å². The van der Waals surface area contributed by atoms with Gasteiger partial charge in [0, 0.05) is 38.4 Å². The quantitative estimate of drug-likeness (QED) is 0.702. The van der Waals surface area contributed by atoms with E-state index in [1.807, 2.05) is 11.7 Å². The Bertz CT molecular complexity index is 322. The molecule has 2 N–H and O–H groups in total. The number of aryl methyl sites for hydroxylation is 2. The molecule has 1 heterocycles. The van der Waals surface area contributed by atoms with E-state index in [1.54, 1.807) is 0 Å². The van der Waals surface area contributed by atoms with Gasteiger partial charge in [-0.15, -0.1) is 0 Å². The molecule has 1 atom stereocenters. The van der Waals surface area contributed by atoms with Crippen molar-refractivity contribution in [3.8, 4) is 0 Å². The van der Waals surface area contributed by atoms with E-state index in [2.05, 4.69) is 25.0 Å². The maximum Gasteiger partial charge on any atom is 0.0624 e. The van der Waals surface area contributed by atoms with Gasteiger partial charge in [-0.1, -0.05) is 13.8 Å². The Morgan fingerprint density at radius 1 is 1.41 bits per heavy atom. The summed E-state index contributed by atoms with van der Waals surface area (Å²) in [6.07, 6.45) is 3.82. The van der Waals surface area contributed by atoms with Gasteiger partial charge in [0.15, 0.2) is 0 Å². The summed E-state index contributed by atoms with van der Waals surface area (Å²) in [7, 11) is 1.98. The van der Waals surface area contributed by atoms with Crippen LogP contribution in [0, 0.1) is 0 Å². The van der Waals surface area contributed by atoms with Gasteiger partial charge in [0.2, 0.25) is 0 Å². The minimum absolute atomic E-state index is 0.159. The molecule has 4 heteroatoms. The lowest BCUT2D eigenvalue weighted by molar-refractivity contribution is 0.127. The molecule has 0 saturated carbocycles. The average Bonchev–Trinajstić information content (AvgIpc) is 2.66. The van der Waals surface area contributed by atoms with Crippen LogP contribution in [-0.2, 0) is 24.6 Å². The second-order valence-electron chi connectivity index (χ2n) is 4.47. The first kappa shape index (κ1) is 14.2. The molecule has 0 fully saturated rings. The van der Waals surface area contributed by atoms with Crippen molar-refractivity contribution in [1.82, 2.24) is 9.78 Å². The Morgan fingerprint density at radius 2 is 2.18 bits per heavy atom. The van der Waals surface area contributed by atoms with E-state index in [0.29, 0.717) is 0 Å². The van der Waals surface area contributed by atoms with Crippen molar-refractivity contribution >= 4 is 0 Å². The third kappa shape index (κ3) is 4.88. The molecule has 0 aliphatic carbocycles. The molecule has 0 aliphatic rings. The predicted octanol–water partition coefficient (Wildman–Crippen LogP) is 1.67. The van der Waals surface area contributed by atoms with Crippen LogP contribution in [0.5, 0.6) is 0 Å². The van der Waals surface area contributed by atoms with E-state index < -0.39 is 0 Å². The molecule has 4 nitrogen and oxygen atoms in total. The second kappa shape index (κ2) is 7.45. The lowest BCUT2D eigenvalue weighted by atomic mass is 10.1. The van der Waals surface area contributed by atoms with Crippen molar-refractivity contribution in [2.45, 2.75) is 45.6 Å². The molecule has 98 valence electrons. The van der Waals surface area contributed by atoms with Gasteiger partial charge in [0.1, 0.15) is 0 Å². The Labute approximate surface area is 104 Å². The summed E-state index contributed by atoms with van der Waals surface area (Å²) in [4.78, 5) is 0. The van der Waals surface area contributed by atoms with Crippen LogP contribution in [0.25, 0.3) is 0 Å². The molecule has 0 bridgehead atoms.